The molecule has 0 spiro atoms. The van der Waals surface area contributed by atoms with Crippen LogP contribution in [-0.4, -0.2) is 27.7 Å². The van der Waals surface area contributed by atoms with Crippen molar-refractivity contribution < 1.29 is 9.32 Å². The van der Waals surface area contributed by atoms with Crippen molar-refractivity contribution in [2.24, 2.45) is 0 Å². The Morgan fingerprint density at radius 2 is 2.18 bits per heavy atom. The minimum absolute atomic E-state index is 0.0969. The van der Waals surface area contributed by atoms with Crippen molar-refractivity contribution in [3.05, 3.63) is 34.1 Å². The Morgan fingerprint density at radius 1 is 1.41 bits per heavy atom. The highest BCUT2D eigenvalue weighted by atomic mass is 16.5. The second kappa shape index (κ2) is 7.02. The van der Waals surface area contributed by atoms with Crippen molar-refractivity contribution in [3.8, 4) is 11.4 Å². The molecular formula is C15H20N4O3. The molecule has 2 aromatic rings. The summed E-state index contributed by atoms with van der Waals surface area (Å²) in [4.78, 5) is 27.9. The van der Waals surface area contributed by atoms with Crippen molar-refractivity contribution in [1.82, 2.24) is 20.0 Å². The minimum Gasteiger partial charge on any atom is -0.359 e. The van der Waals surface area contributed by atoms with Crippen LogP contribution < -0.4 is 10.9 Å². The van der Waals surface area contributed by atoms with E-state index in [9.17, 15) is 9.59 Å². The summed E-state index contributed by atoms with van der Waals surface area (Å²) in [5.74, 6) is 0.516. The second-order valence-electron chi connectivity index (χ2n) is 5.03. The van der Waals surface area contributed by atoms with E-state index in [0.29, 0.717) is 24.4 Å². The molecule has 2 rings (SSSR count). The Balaban J connectivity index is 2.26. The van der Waals surface area contributed by atoms with E-state index in [1.54, 1.807) is 17.7 Å². The van der Waals surface area contributed by atoms with Gasteiger partial charge in [-0.05, 0) is 25.5 Å². The number of carbonyl (C=O) groups is 1. The number of hydrogen-bond donors (Lipinski definition) is 1. The van der Waals surface area contributed by atoms with Gasteiger partial charge in [-0.1, -0.05) is 12.1 Å². The molecule has 0 saturated carbocycles. The zero-order valence-electron chi connectivity index (χ0n) is 13.0. The van der Waals surface area contributed by atoms with Crippen molar-refractivity contribution in [2.75, 3.05) is 7.05 Å². The summed E-state index contributed by atoms with van der Waals surface area (Å²) in [6.45, 7) is 4.57. The van der Waals surface area contributed by atoms with E-state index in [2.05, 4.69) is 15.5 Å². The van der Waals surface area contributed by atoms with E-state index in [4.69, 9.17) is 4.52 Å². The summed E-state index contributed by atoms with van der Waals surface area (Å²) in [6, 6.07) is 3.57. The molecule has 0 unspecified atom stereocenters. The summed E-state index contributed by atoms with van der Waals surface area (Å²) in [5, 5.41) is 6.38. The lowest BCUT2D eigenvalue weighted by atomic mass is 10.2. The van der Waals surface area contributed by atoms with Crippen LogP contribution in [0.15, 0.2) is 21.5 Å². The van der Waals surface area contributed by atoms with Crippen LogP contribution in [0.5, 0.6) is 0 Å². The molecule has 0 bridgehead atoms. The fraction of sp³-hybridized carbons (Fsp3) is 0.467. The van der Waals surface area contributed by atoms with Gasteiger partial charge >= 0.3 is 0 Å². The van der Waals surface area contributed by atoms with Crippen molar-refractivity contribution in [3.63, 3.8) is 0 Å². The molecule has 0 aliphatic rings. The lowest BCUT2D eigenvalue weighted by Gasteiger charge is -2.09. The smallest absolute Gasteiger partial charge is 0.261 e. The zero-order chi connectivity index (χ0) is 16.1. The topological polar surface area (TPSA) is 90.0 Å². The van der Waals surface area contributed by atoms with E-state index in [1.165, 1.54) is 0 Å². The van der Waals surface area contributed by atoms with Crippen molar-refractivity contribution >= 4 is 5.91 Å². The highest BCUT2D eigenvalue weighted by Crippen LogP contribution is 2.13. The standard InChI is InChI=1S/C15H20N4O3/c1-4-9-19-10(2)5-6-11(15(19)21)14-17-13(22-18-14)8-7-12(20)16-3/h5-6H,4,7-9H2,1-3H3,(H,16,20). The summed E-state index contributed by atoms with van der Waals surface area (Å²) in [5.41, 5.74) is 1.19. The van der Waals surface area contributed by atoms with Crippen LogP contribution in [0.25, 0.3) is 11.4 Å². The first-order chi connectivity index (χ1) is 10.6. The van der Waals surface area contributed by atoms with Crippen LogP contribution in [0.4, 0.5) is 0 Å². The normalized spacial score (nSPS) is 10.7. The number of carbonyl (C=O) groups excluding carboxylic acids is 1. The van der Waals surface area contributed by atoms with E-state index < -0.39 is 0 Å². The molecule has 0 saturated heterocycles. The van der Waals surface area contributed by atoms with Gasteiger partial charge in [0, 0.05) is 32.1 Å². The lowest BCUT2D eigenvalue weighted by Crippen LogP contribution is -2.23. The maximum absolute atomic E-state index is 12.5. The number of hydrogen-bond acceptors (Lipinski definition) is 5. The van der Waals surface area contributed by atoms with Gasteiger partial charge in [-0.15, -0.1) is 0 Å². The molecule has 7 heteroatoms. The number of nitrogens with zero attached hydrogens (tertiary/aromatic N) is 3. The van der Waals surface area contributed by atoms with E-state index in [1.807, 2.05) is 19.9 Å². The minimum atomic E-state index is -0.125. The molecule has 0 aromatic carbocycles. The molecule has 0 aliphatic carbocycles. The SMILES string of the molecule is CCCn1c(C)ccc(-c2noc(CCC(=O)NC)n2)c1=O. The highest BCUT2D eigenvalue weighted by molar-refractivity contribution is 5.75. The molecule has 0 atom stereocenters. The number of pyridine rings is 1. The van der Waals surface area contributed by atoms with E-state index >= 15 is 0 Å². The third kappa shape index (κ3) is 3.41. The molecule has 0 aliphatic heterocycles. The van der Waals surface area contributed by atoms with Gasteiger partial charge in [0.2, 0.25) is 17.6 Å². The van der Waals surface area contributed by atoms with Crippen LogP contribution in [0.3, 0.4) is 0 Å². The van der Waals surface area contributed by atoms with Gasteiger partial charge in [0.05, 0.1) is 5.56 Å². The summed E-state index contributed by atoms with van der Waals surface area (Å²) in [7, 11) is 1.57. The first-order valence-electron chi connectivity index (χ1n) is 7.30. The number of rotatable bonds is 6. The Kier molecular flexibility index (Phi) is 5.08. The fourth-order valence-electron chi connectivity index (χ4n) is 2.15. The van der Waals surface area contributed by atoms with Gasteiger partial charge in [-0.3, -0.25) is 9.59 Å². The first kappa shape index (κ1) is 15.9. The second-order valence-corrected chi connectivity index (χ2v) is 5.03. The molecule has 1 amide bonds. The molecule has 2 aromatic heterocycles. The van der Waals surface area contributed by atoms with Gasteiger partial charge in [0.15, 0.2) is 0 Å². The van der Waals surface area contributed by atoms with Crippen LogP contribution in [0.2, 0.25) is 0 Å². The predicted molar refractivity (Wildman–Crippen MR) is 81.4 cm³/mol. The third-order valence-electron chi connectivity index (χ3n) is 3.39. The van der Waals surface area contributed by atoms with Gasteiger partial charge < -0.3 is 14.4 Å². The number of aromatic nitrogens is 3. The van der Waals surface area contributed by atoms with Crippen LogP contribution in [0.1, 0.15) is 31.4 Å². The van der Waals surface area contributed by atoms with E-state index in [-0.39, 0.29) is 23.7 Å². The Hall–Kier alpha value is -2.44. The number of amides is 1. The predicted octanol–water partition coefficient (Wildman–Crippen LogP) is 1.30. The lowest BCUT2D eigenvalue weighted by molar-refractivity contribution is -0.120. The Morgan fingerprint density at radius 3 is 2.86 bits per heavy atom. The first-order valence-corrected chi connectivity index (χ1v) is 7.30. The molecule has 0 radical (unpaired) electrons. The largest absolute Gasteiger partial charge is 0.359 e. The van der Waals surface area contributed by atoms with Gasteiger partial charge in [-0.25, -0.2) is 0 Å². The maximum Gasteiger partial charge on any atom is 0.261 e. The van der Waals surface area contributed by atoms with E-state index in [0.717, 1.165) is 12.1 Å². The molecule has 2 heterocycles. The molecule has 22 heavy (non-hydrogen) atoms. The average molecular weight is 304 g/mol. The Bertz CT molecular complexity index is 718. The van der Waals surface area contributed by atoms with Gasteiger partial charge in [-0.2, -0.15) is 4.98 Å². The molecule has 1 N–H and O–H groups in total. The number of nitrogens with one attached hydrogen (secondary N) is 1. The summed E-state index contributed by atoms with van der Waals surface area (Å²) in [6.07, 6.45) is 1.49. The molecular weight excluding hydrogens is 284 g/mol. The van der Waals surface area contributed by atoms with Crippen molar-refractivity contribution in [1.29, 1.82) is 0 Å². The summed E-state index contributed by atoms with van der Waals surface area (Å²) >= 11 is 0. The molecule has 118 valence electrons. The summed E-state index contributed by atoms with van der Waals surface area (Å²) < 4.78 is 6.81. The zero-order valence-corrected chi connectivity index (χ0v) is 13.0. The van der Waals surface area contributed by atoms with Crippen LogP contribution >= 0.6 is 0 Å². The highest BCUT2D eigenvalue weighted by Gasteiger charge is 2.15. The van der Waals surface area contributed by atoms with Crippen LogP contribution in [-0.2, 0) is 17.8 Å². The maximum atomic E-state index is 12.5. The quantitative estimate of drug-likeness (QED) is 0.868. The number of aryl methyl sites for hydroxylation is 2. The fourth-order valence-corrected chi connectivity index (χ4v) is 2.15. The van der Waals surface area contributed by atoms with Gasteiger partial charge in [0.25, 0.3) is 5.56 Å². The average Bonchev–Trinajstić information content (AvgIpc) is 2.97. The Labute approximate surface area is 128 Å². The van der Waals surface area contributed by atoms with Crippen LogP contribution in [0, 0.1) is 6.92 Å². The molecule has 0 fully saturated rings. The van der Waals surface area contributed by atoms with Gasteiger partial charge in [0.1, 0.15) is 0 Å². The monoisotopic (exact) mass is 304 g/mol. The van der Waals surface area contributed by atoms with Crippen molar-refractivity contribution in [2.45, 2.75) is 39.7 Å². The molecule has 7 nitrogen and oxygen atoms in total. The third-order valence-corrected chi connectivity index (χ3v) is 3.39.